The molecule has 21 heavy (non-hydrogen) atoms. The molecule has 0 radical (unpaired) electrons. The van der Waals surface area contributed by atoms with E-state index in [0.29, 0.717) is 10.0 Å². The Morgan fingerprint density at radius 3 is 2.48 bits per heavy atom. The summed E-state index contributed by atoms with van der Waals surface area (Å²) in [6, 6.07) is 14.9. The number of nitrogens with one attached hydrogen (secondary N) is 2. The van der Waals surface area contributed by atoms with Gasteiger partial charge in [0.1, 0.15) is 0 Å². The fraction of sp³-hybridized carbons (Fsp3) is 0.188. The largest absolute Gasteiger partial charge is 0.376 e. The molecule has 0 aliphatic carbocycles. The van der Waals surface area contributed by atoms with E-state index >= 15 is 0 Å². The van der Waals surface area contributed by atoms with Crippen molar-refractivity contribution in [2.45, 2.75) is 13.0 Å². The molecule has 5 heteroatoms. The average molecular weight is 323 g/mol. The van der Waals surface area contributed by atoms with Crippen LogP contribution in [0.3, 0.4) is 0 Å². The SMILES string of the molecule is C[C@H](NC(=O)CNc1ccc(Cl)c(Cl)c1)c1ccccc1. The number of anilines is 1. The van der Waals surface area contributed by atoms with Crippen molar-refractivity contribution in [2.75, 3.05) is 11.9 Å². The summed E-state index contributed by atoms with van der Waals surface area (Å²) in [4.78, 5) is 11.9. The Bertz CT molecular complexity index is 617. The molecule has 0 fully saturated rings. The minimum atomic E-state index is -0.0857. The molecule has 2 N–H and O–H groups in total. The van der Waals surface area contributed by atoms with E-state index in [0.717, 1.165) is 11.3 Å². The van der Waals surface area contributed by atoms with Crippen LogP contribution in [0.5, 0.6) is 0 Å². The molecule has 0 saturated heterocycles. The number of hydrogen-bond donors (Lipinski definition) is 2. The van der Waals surface area contributed by atoms with Crippen molar-refractivity contribution < 1.29 is 4.79 Å². The van der Waals surface area contributed by atoms with Crippen LogP contribution in [0.15, 0.2) is 48.5 Å². The highest BCUT2D eigenvalue weighted by Gasteiger charge is 2.09. The smallest absolute Gasteiger partial charge is 0.239 e. The van der Waals surface area contributed by atoms with E-state index in [1.54, 1.807) is 18.2 Å². The van der Waals surface area contributed by atoms with E-state index in [4.69, 9.17) is 23.2 Å². The Morgan fingerprint density at radius 1 is 1.10 bits per heavy atom. The van der Waals surface area contributed by atoms with Gasteiger partial charge < -0.3 is 10.6 Å². The summed E-state index contributed by atoms with van der Waals surface area (Å²) in [5, 5.41) is 6.89. The zero-order chi connectivity index (χ0) is 15.2. The van der Waals surface area contributed by atoms with Crippen molar-refractivity contribution >= 4 is 34.8 Å². The summed E-state index contributed by atoms with van der Waals surface area (Å²) >= 11 is 11.8. The summed E-state index contributed by atoms with van der Waals surface area (Å²) in [6.07, 6.45) is 0. The first-order valence-corrected chi connectivity index (χ1v) is 7.35. The molecule has 2 aromatic rings. The Balaban J connectivity index is 1.86. The third kappa shape index (κ3) is 4.66. The van der Waals surface area contributed by atoms with E-state index in [1.807, 2.05) is 37.3 Å². The molecule has 3 nitrogen and oxygen atoms in total. The highest BCUT2D eigenvalue weighted by atomic mass is 35.5. The second-order valence-electron chi connectivity index (χ2n) is 4.68. The molecule has 0 aromatic heterocycles. The minimum absolute atomic E-state index is 0.0331. The molecule has 2 aromatic carbocycles. The molecule has 0 saturated carbocycles. The lowest BCUT2D eigenvalue weighted by molar-refractivity contribution is -0.120. The predicted molar refractivity (Wildman–Crippen MR) is 88.0 cm³/mol. The third-order valence-electron chi connectivity index (χ3n) is 3.05. The fourth-order valence-corrected chi connectivity index (χ4v) is 2.20. The number of carbonyl (C=O) groups is 1. The normalized spacial score (nSPS) is 11.8. The quantitative estimate of drug-likeness (QED) is 0.862. The molecule has 0 unspecified atom stereocenters. The van der Waals surface area contributed by atoms with Gasteiger partial charge in [0, 0.05) is 5.69 Å². The van der Waals surface area contributed by atoms with E-state index < -0.39 is 0 Å². The van der Waals surface area contributed by atoms with Gasteiger partial charge in [-0.05, 0) is 30.7 Å². The van der Waals surface area contributed by atoms with Crippen LogP contribution in [0.1, 0.15) is 18.5 Å². The number of carbonyl (C=O) groups excluding carboxylic acids is 1. The zero-order valence-corrected chi connectivity index (χ0v) is 13.1. The van der Waals surface area contributed by atoms with Gasteiger partial charge in [0.05, 0.1) is 22.6 Å². The first-order valence-electron chi connectivity index (χ1n) is 6.59. The van der Waals surface area contributed by atoms with Crippen molar-refractivity contribution in [3.8, 4) is 0 Å². The number of hydrogen-bond acceptors (Lipinski definition) is 2. The third-order valence-corrected chi connectivity index (χ3v) is 3.79. The van der Waals surface area contributed by atoms with E-state index in [1.165, 1.54) is 0 Å². The summed E-state index contributed by atoms with van der Waals surface area (Å²) < 4.78 is 0. The highest BCUT2D eigenvalue weighted by Crippen LogP contribution is 2.24. The molecular weight excluding hydrogens is 307 g/mol. The second kappa shape index (κ2) is 7.34. The highest BCUT2D eigenvalue weighted by molar-refractivity contribution is 6.42. The van der Waals surface area contributed by atoms with E-state index in [2.05, 4.69) is 10.6 Å². The lowest BCUT2D eigenvalue weighted by Gasteiger charge is -2.15. The maximum atomic E-state index is 11.9. The summed E-state index contributed by atoms with van der Waals surface area (Å²) in [6.45, 7) is 2.13. The number of rotatable bonds is 5. The van der Waals surface area contributed by atoms with Crippen LogP contribution >= 0.6 is 23.2 Å². The first-order chi connectivity index (χ1) is 10.1. The first kappa shape index (κ1) is 15.7. The Labute approximate surface area is 134 Å². The Morgan fingerprint density at radius 2 is 1.81 bits per heavy atom. The molecule has 1 amide bonds. The van der Waals surface area contributed by atoms with Crippen LogP contribution < -0.4 is 10.6 Å². The molecule has 0 aliphatic rings. The number of amides is 1. The van der Waals surface area contributed by atoms with E-state index in [9.17, 15) is 4.79 Å². The predicted octanol–water partition coefficient (Wildman–Crippen LogP) is 4.28. The molecule has 2 rings (SSSR count). The van der Waals surface area contributed by atoms with Gasteiger partial charge in [-0.25, -0.2) is 0 Å². The zero-order valence-electron chi connectivity index (χ0n) is 11.6. The summed E-state index contributed by atoms with van der Waals surface area (Å²) in [7, 11) is 0. The van der Waals surface area contributed by atoms with Gasteiger partial charge in [-0.15, -0.1) is 0 Å². The van der Waals surface area contributed by atoms with Gasteiger partial charge >= 0.3 is 0 Å². The molecule has 110 valence electrons. The van der Waals surface area contributed by atoms with Crippen molar-refractivity contribution in [3.63, 3.8) is 0 Å². The van der Waals surface area contributed by atoms with Gasteiger partial charge in [-0.3, -0.25) is 4.79 Å². The van der Waals surface area contributed by atoms with Crippen LogP contribution in [0.4, 0.5) is 5.69 Å². The topological polar surface area (TPSA) is 41.1 Å². The Kier molecular flexibility index (Phi) is 5.48. The van der Waals surface area contributed by atoms with Crippen molar-refractivity contribution in [2.24, 2.45) is 0 Å². The van der Waals surface area contributed by atoms with Crippen LogP contribution in [0.2, 0.25) is 10.0 Å². The summed E-state index contributed by atoms with van der Waals surface area (Å²) in [5.41, 5.74) is 1.83. The van der Waals surface area contributed by atoms with Gasteiger partial charge in [-0.1, -0.05) is 53.5 Å². The van der Waals surface area contributed by atoms with E-state index in [-0.39, 0.29) is 18.5 Å². The van der Waals surface area contributed by atoms with Gasteiger partial charge in [0.15, 0.2) is 0 Å². The minimum Gasteiger partial charge on any atom is -0.376 e. The fourth-order valence-electron chi connectivity index (χ4n) is 1.91. The van der Waals surface area contributed by atoms with Gasteiger partial charge in [0.2, 0.25) is 5.91 Å². The lowest BCUT2D eigenvalue weighted by Crippen LogP contribution is -2.32. The van der Waals surface area contributed by atoms with Gasteiger partial charge in [-0.2, -0.15) is 0 Å². The van der Waals surface area contributed by atoms with Crippen molar-refractivity contribution in [3.05, 3.63) is 64.1 Å². The van der Waals surface area contributed by atoms with Crippen LogP contribution in [-0.4, -0.2) is 12.5 Å². The van der Waals surface area contributed by atoms with Crippen LogP contribution in [0, 0.1) is 0 Å². The molecule has 0 spiro atoms. The van der Waals surface area contributed by atoms with Gasteiger partial charge in [0.25, 0.3) is 0 Å². The molecule has 0 aliphatic heterocycles. The number of halogens is 2. The summed E-state index contributed by atoms with van der Waals surface area (Å²) in [5.74, 6) is -0.0857. The molecule has 0 heterocycles. The van der Waals surface area contributed by atoms with Crippen LogP contribution in [0.25, 0.3) is 0 Å². The molecule has 1 atom stereocenters. The monoisotopic (exact) mass is 322 g/mol. The average Bonchev–Trinajstić information content (AvgIpc) is 2.49. The standard InChI is InChI=1S/C16H16Cl2N2O/c1-11(12-5-3-2-4-6-12)20-16(21)10-19-13-7-8-14(17)15(18)9-13/h2-9,11,19H,10H2,1H3,(H,20,21)/t11-/m0/s1. The maximum Gasteiger partial charge on any atom is 0.239 e. The molecule has 0 bridgehead atoms. The maximum absolute atomic E-state index is 11.9. The van der Waals surface area contributed by atoms with Crippen molar-refractivity contribution in [1.29, 1.82) is 0 Å². The lowest BCUT2D eigenvalue weighted by atomic mass is 10.1. The van der Waals surface area contributed by atoms with Crippen LogP contribution in [-0.2, 0) is 4.79 Å². The molecular formula is C16H16Cl2N2O. The Hall–Kier alpha value is -1.71. The number of benzene rings is 2. The van der Waals surface area contributed by atoms with Crippen molar-refractivity contribution in [1.82, 2.24) is 5.32 Å². The second-order valence-corrected chi connectivity index (χ2v) is 5.50.